The fourth-order valence-electron chi connectivity index (χ4n) is 6.45. The third kappa shape index (κ3) is 5.03. The van der Waals surface area contributed by atoms with Gasteiger partial charge in [0.2, 0.25) is 0 Å². The number of benzene rings is 5. The first-order valence-corrected chi connectivity index (χ1v) is 15.3. The van der Waals surface area contributed by atoms with Crippen LogP contribution in [0.4, 0.5) is 17.1 Å². The second kappa shape index (κ2) is 12.4. The molecule has 0 amide bonds. The normalized spacial score (nSPS) is 12.5. The molecule has 0 unspecified atom stereocenters. The maximum absolute atomic E-state index is 4.22. The molecule has 0 atom stereocenters. The van der Waals surface area contributed by atoms with Gasteiger partial charge in [0.1, 0.15) is 0 Å². The summed E-state index contributed by atoms with van der Waals surface area (Å²) in [6.07, 6.45) is 4.15. The third-order valence-electron chi connectivity index (χ3n) is 8.51. The van der Waals surface area contributed by atoms with Crippen LogP contribution in [-0.2, 0) is 20.1 Å². The van der Waals surface area contributed by atoms with E-state index in [0.717, 1.165) is 23.5 Å². The number of unbranched alkanes of at least 4 members (excludes halogenated alkanes) is 1. The van der Waals surface area contributed by atoms with Crippen LogP contribution in [0.5, 0.6) is 0 Å². The Kier molecular flexibility index (Phi) is 7.97. The summed E-state index contributed by atoms with van der Waals surface area (Å²) in [4.78, 5) is 8.88. The Morgan fingerprint density at radius 1 is 0.711 bits per heavy atom. The van der Waals surface area contributed by atoms with E-state index < -0.39 is 0 Å². The number of hydrogen-bond donors (Lipinski definition) is 0. The molecule has 9 rings (SSSR count). The van der Waals surface area contributed by atoms with Gasteiger partial charge >= 0.3 is 20.1 Å². The van der Waals surface area contributed by atoms with Crippen molar-refractivity contribution in [2.24, 2.45) is 0 Å². The van der Waals surface area contributed by atoms with Gasteiger partial charge in [-0.1, -0.05) is 79.5 Å². The van der Waals surface area contributed by atoms with E-state index in [1.807, 2.05) is 42.5 Å². The summed E-state index contributed by atoms with van der Waals surface area (Å²) >= 11 is 0. The van der Waals surface area contributed by atoms with Gasteiger partial charge in [-0.15, -0.1) is 53.0 Å². The molecule has 5 heteroatoms. The van der Waals surface area contributed by atoms with Crippen molar-refractivity contribution < 1.29 is 20.1 Å². The second-order valence-corrected chi connectivity index (χ2v) is 11.2. The van der Waals surface area contributed by atoms with Gasteiger partial charge in [-0.05, 0) is 48.3 Å². The molecule has 4 heterocycles. The predicted molar refractivity (Wildman–Crippen MR) is 184 cm³/mol. The first-order valence-electron chi connectivity index (χ1n) is 15.3. The SMILES string of the molecule is CCCCN1[CH-]N(c2[c-]cc3c(c2)c2cccc4c5ccccc5n3c24)c2ccccc21.[Ir+3].[c-]1ccccc1-c1ccccn1. The average Bonchev–Trinajstić information content (AvgIpc) is 3.75. The van der Waals surface area contributed by atoms with Gasteiger partial charge in [0.05, 0.1) is 0 Å². The largest absolute Gasteiger partial charge is 3.00 e. The summed E-state index contributed by atoms with van der Waals surface area (Å²) in [5.74, 6) is 0. The van der Waals surface area contributed by atoms with Crippen LogP contribution in [0.25, 0.3) is 49.4 Å². The molecule has 0 radical (unpaired) electrons. The van der Waals surface area contributed by atoms with E-state index in [1.165, 1.54) is 62.3 Å². The number of pyridine rings is 1. The molecule has 0 spiro atoms. The van der Waals surface area contributed by atoms with Gasteiger partial charge in [-0.3, -0.25) is 0 Å². The minimum atomic E-state index is 0. The number of fused-ring (bicyclic) bond motifs is 7. The molecule has 0 saturated heterocycles. The van der Waals surface area contributed by atoms with E-state index >= 15 is 0 Å². The van der Waals surface area contributed by atoms with Crippen molar-refractivity contribution in [3.05, 3.63) is 146 Å². The number of anilines is 3. The molecule has 0 bridgehead atoms. The predicted octanol–water partition coefficient (Wildman–Crippen LogP) is 10.1. The van der Waals surface area contributed by atoms with Crippen molar-refractivity contribution in [2.75, 3.05) is 16.3 Å². The quantitative estimate of drug-likeness (QED) is 0.163. The van der Waals surface area contributed by atoms with E-state index in [1.54, 1.807) is 6.20 Å². The van der Waals surface area contributed by atoms with E-state index in [9.17, 15) is 0 Å². The van der Waals surface area contributed by atoms with Gasteiger partial charge in [-0.2, -0.15) is 18.8 Å². The maximum atomic E-state index is 4.22. The van der Waals surface area contributed by atoms with Crippen LogP contribution in [0.1, 0.15) is 19.8 Å². The Bertz CT molecular complexity index is 2170. The average molecular weight is 760 g/mol. The van der Waals surface area contributed by atoms with Crippen LogP contribution in [-0.4, -0.2) is 15.9 Å². The zero-order chi connectivity index (χ0) is 29.5. The third-order valence-corrected chi connectivity index (χ3v) is 8.51. The van der Waals surface area contributed by atoms with Crippen LogP contribution in [0.3, 0.4) is 0 Å². The molecular weight excluding hydrogens is 729 g/mol. The molecule has 1 aliphatic rings. The zero-order valence-corrected chi connectivity index (χ0v) is 27.3. The fourth-order valence-corrected chi connectivity index (χ4v) is 6.45. The van der Waals surface area contributed by atoms with Crippen molar-refractivity contribution in [3.63, 3.8) is 0 Å². The summed E-state index contributed by atoms with van der Waals surface area (Å²) in [5.41, 5.74) is 9.38. The van der Waals surface area contributed by atoms with Crippen LogP contribution >= 0.6 is 0 Å². The molecule has 45 heavy (non-hydrogen) atoms. The minimum absolute atomic E-state index is 0. The van der Waals surface area contributed by atoms with Crippen molar-refractivity contribution in [2.45, 2.75) is 19.8 Å². The van der Waals surface area contributed by atoms with Crippen LogP contribution < -0.4 is 9.80 Å². The molecule has 0 N–H and O–H groups in total. The molecule has 5 aromatic carbocycles. The molecule has 0 saturated carbocycles. The Balaban J connectivity index is 0.000000211. The van der Waals surface area contributed by atoms with Crippen LogP contribution in [0.15, 0.2) is 128 Å². The Hall–Kier alpha value is -4.70. The molecule has 3 aromatic heterocycles. The molecule has 8 aromatic rings. The standard InChI is InChI=1S/C29H23N3.C11H8N.Ir/c1-2-3-17-30-19-31(28-14-7-6-13-27(28)30)20-15-16-26-24(18-20)23-11-8-10-22-21-9-4-5-12-25(21)32(26)29(22)23;1-2-6-10(7-3-1)11-8-4-5-9-12-11;/h4-14,16,18-19H,2-3,17H2,1H3;1-6,8-9H;/q-2;-1;+3. The smallest absolute Gasteiger partial charge is 0.501 e. The van der Waals surface area contributed by atoms with E-state index in [4.69, 9.17) is 0 Å². The van der Waals surface area contributed by atoms with Crippen LogP contribution in [0, 0.1) is 18.8 Å². The number of hydrogen-bond acceptors (Lipinski definition) is 3. The van der Waals surface area contributed by atoms with Crippen molar-refractivity contribution in [3.8, 4) is 11.3 Å². The van der Waals surface area contributed by atoms with E-state index in [0.29, 0.717) is 0 Å². The summed E-state index contributed by atoms with van der Waals surface area (Å²) in [5, 5.41) is 5.22. The van der Waals surface area contributed by atoms with Gasteiger partial charge in [0, 0.05) is 39.4 Å². The summed E-state index contributed by atoms with van der Waals surface area (Å²) in [6, 6.07) is 48.9. The van der Waals surface area contributed by atoms with Gasteiger partial charge in [-0.25, -0.2) is 0 Å². The maximum Gasteiger partial charge on any atom is 3.00 e. The Labute approximate surface area is 277 Å². The Morgan fingerprint density at radius 3 is 2.27 bits per heavy atom. The van der Waals surface area contributed by atoms with Crippen molar-refractivity contribution in [1.29, 1.82) is 0 Å². The molecule has 0 fully saturated rings. The number of rotatable bonds is 5. The van der Waals surface area contributed by atoms with Crippen molar-refractivity contribution in [1.82, 2.24) is 9.38 Å². The van der Waals surface area contributed by atoms with E-state index in [-0.39, 0.29) is 20.1 Å². The topological polar surface area (TPSA) is 23.8 Å². The fraction of sp³-hybridized carbons (Fsp3) is 0.100. The summed E-state index contributed by atoms with van der Waals surface area (Å²) < 4.78 is 2.41. The molecule has 0 aliphatic carbocycles. The molecule has 220 valence electrons. The summed E-state index contributed by atoms with van der Waals surface area (Å²) in [6.45, 7) is 5.52. The van der Waals surface area contributed by atoms with Gasteiger partial charge < -0.3 is 19.2 Å². The second-order valence-electron chi connectivity index (χ2n) is 11.2. The first-order chi connectivity index (χ1) is 21.8. The van der Waals surface area contributed by atoms with Crippen LogP contribution in [0.2, 0.25) is 0 Å². The first kappa shape index (κ1) is 29.0. The number of nitrogens with zero attached hydrogens (tertiary/aromatic N) is 4. The summed E-state index contributed by atoms with van der Waals surface area (Å²) in [7, 11) is 0. The molecule has 4 nitrogen and oxygen atoms in total. The van der Waals surface area contributed by atoms with Gasteiger partial charge in [0.15, 0.2) is 0 Å². The minimum Gasteiger partial charge on any atom is -0.501 e. The molecular formula is C40H31IrN4. The van der Waals surface area contributed by atoms with E-state index in [2.05, 4.69) is 124 Å². The monoisotopic (exact) mass is 760 g/mol. The number of para-hydroxylation sites is 4. The number of aromatic nitrogens is 2. The molecule has 1 aliphatic heterocycles. The Morgan fingerprint density at radius 2 is 1.47 bits per heavy atom. The van der Waals surface area contributed by atoms with Crippen molar-refractivity contribution >= 4 is 55.2 Å². The zero-order valence-electron chi connectivity index (χ0n) is 24.9. The van der Waals surface area contributed by atoms with Gasteiger partial charge in [0.25, 0.3) is 0 Å².